The molecule has 0 amide bonds. The highest BCUT2D eigenvalue weighted by molar-refractivity contribution is 7.13. The molecule has 192 valence electrons. The lowest BCUT2D eigenvalue weighted by Crippen LogP contribution is -2.56. The zero-order valence-corrected chi connectivity index (χ0v) is 21.0. The maximum Gasteiger partial charge on any atom is 0.227 e. The highest BCUT2D eigenvalue weighted by Gasteiger charge is 2.49. The Bertz CT molecular complexity index is 1660. The fraction of sp³-hybridized carbons (Fsp3) is 0.241. The summed E-state index contributed by atoms with van der Waals surface area (Å²) >= 11 is 1.59. The van der Waals surface area contributed by atoms with Gasteiger partial charge in [-0.3, -0.25) is 0 Å². The van der Waals surface area contributed by atoms with Gasteiger partial charge < -0.3 is 29.4 Å². The van der Waals surface area contributed by atoms with Crippen LogP contribution in [0.2, 0.25) is 0 Å². The number of rotatable bonds is 5. The summed E-state index contributed by atoms with van der Waals surface area (Å²) in [5, 5.41) is 36.7. The molecule has 4 heterocycles. The van der Waals surface area contributed by atoms with E-state index in [2.05, 4.69) is 50.9 Å². The van der Waals surface area contributed by atoms with Crippen LogP contribution in [-0.2, 0) is 16.0 Å². The Morgan fingerprint density at radius 1 is 0.974 bits per heavy atom. The zero-order chi connectivity index (χ0) is 25.8. The minimum Gasteiger partial charge on any atom is -0.445 e. The number of benzene rings is 3. The minimum atomic E-state index is -1.25. The van der Waals surface area contributed by atoms with Gasteiger partial charge in [0.1, 0.15) is 29.4 Å². The van der Waals surface area contributed by atoms with Crippen LogP contribution in [0.15, 0.2) is 83.4 Å². The second-order valence-corrected chi connectivity index (χ2v) is 10.6. The Morgan fingerprint density at radius 3 is 2.66 bits per heavy atom. The summed E-state index contributed by atoms with van der Waals surface area (Å²) in [5.41, 5.74) is 3.94. The van der Waals surface area contributed by atoms with E-state index in [9.17, 15) is 15.3 Å². The fourth-order valence-electron chi connectivity index (χ4n) is 5.34. The van der Waals surface area contributed by atoms with E-state index in [4.69, 9.17) is 9.47 Å². The van der Waals surface area contributed by atoms with Crippen LogP contribution in [0.5, 0.6) is 0 Å². The highest BCUT2D eigenvalue weighted by Crippen LogP contribution is 2.35. The molecule has 1 fully saturated rings. The summed E-state index contributed by atoms with van der Waals surface area (Å²) in [7, 11) is 0. The Morgan fingerprint density at radius 2 is 1.84 bits per heavy atom. The molecular formula is C29H25N3O5S. The van der Waals surface area contributed by atoms with Gasteiger partial charge >= 0.3 is 0 Å². The molecule has 3 aromatic carbocycles. The number of nitrogens with zero attached hydrogens (tertiary/aromatic N) is 3. The first-order valence-corrected chi connectivity index (χ1v) is 13.3. The first-order chi connectivity index (χ1) is 18.6. The summed E-state index contributed by atoms with van der Waals surface area (Å²) in [5.74, 6) is 0.342. The van der Waals surface area contributed by atoms with Gasteiger partial charge in [-0.05, 0) is 28.5 Å². The lowest BCUT2D eigenvalue weighted by atomic mass is 9.98. The van der Waals surface area contributed by atoms with Crippen molar-refractivity contribution in [2.45, 2.75) is 37.2 Å². The van der Waals surface area contributed by atoms with E-state index in [1.807, 2.05) is 35.8 Å². The molecule has 0 radical (unpaired) electrons. The molecule has 2 aromatic heterocycles. The van der Waals surface area contributed by atoms with E-state index in [1.165, 1.54) is 10.8 Å². The van der Waals surface area contributed by atoms with Gasteiger partial charge in [0, 0.05) is 40.8 Å². The fourth-order valence-corrected chi connectivity index (χ4v) is 5.97. The average Bonchev–Trinajstić information content (AvgIpc) is 3.70. The predicted molar refractivity (Wildman–Crippen MR) is 145 cm³/mol. The van der Waals surface area contributed by atoms with Gasteiger partial charge in [-0.15, -0.1) is 11.3 Å². The van der Waals surface area contributed by atoms with Gasteiger partial charge in [-0.25, -0.2) is 9.98 Å². The number of aliphatic hydroxyl groups is 3. The first kappa shape index (κ1) is 23.5. The third-order valence-electron chi connectivity index (χ3n) is 7.30. The second-order valence-electron chi connectivity index (χ2n) is 9.67. The molecule has 38 heavy (non-hydrogen) atoms. The van der Waals surface area contributed by atoms with Crippen LogP contribution in [0.25, 0.3) is 32.2 Å². The Labute approximate surface area is 222 Å². The molecule has 9 heteroatoms. The van der Waals surface area contributed by atoms with E-state index in [1.54, 1.807) is 17.5 Å². The van der Waals surface area contributed by atoms with Crippen molar-refractivity contribution >= 4 is 38.9 Å². The lowest BCUT2D eigenvalue weighted by molar-refractivity contribution is -0.234. The molecular weight excluding hydrogens is 502 g/mol. The number of aliphatic imine (C=N–C) groups is 1. The van der Waals surface area contributed by atoms with Crippen molar-refractivity contribution in [3.8, 4) is 10.6 Å². The predicted octanol–water partition coefficient (Wildman–Crippen LogP) is 3.55. The molecule has 2 aliphatic rings. The summed E-state index contributed by atoms with van der Waals surface area (Å²) in [6, 6.07) is 20.2. The van der Waals surface area contributed by atoms with Crippen molar-refractivity contribution in [1.29, 1.82) is 0 Å². The van der Waals surface area contributed by atoms with E-state index in [0.717, 1.165) is 32.6 Å². The van der Waals surface area contributed by atoms with Crippen molar-refractivity contribution < 1.29 is 24.8 Å². The summed E-state index contributed by atoms with van der Waals surface area (Å²) in [4.78, 5) is 9.10. The molecule has 5 aromatic rings. The molecule has 0 bridgehead atoms. The van der Waals surface area contributed by atoms with Crippen molar-refractivity contribution in [2.75, 3.05) is 6.61 Å². The van der Waals surface area contributed by atoms with E-state index in [-0.39, 0.29) is 0 Å². The molecule has 0 aliphatic carbocycles. The van der Waals surface area contributed by atoms with Crippen molar-refractivity contribution in [3.05, 3.63) is 89.6 Å². The van der Waals surface area contributed by atoms with Crippen LogP contribution in [0.4, 0.5) is 0 Å². The van der Waals surface area contributed by atoms with Crippen LogP contribution in [0.1, 0.15) is 11.1 Å². The van der Waals surface area contributed by atoms with E-state index in [0.29, 0.717) is 12.4 Å². The van der Waals surface area contributed by atoms with Crippen molar-refractivity contribution in [2.24, 2.45) is 4.99 Å². The molecule has 0 spiro atoms. The number of aromatic nitrogens is 2. The van der Waals surface area contributed by atoms with Crippen LogP contribution >= 0.6 is 11.3 Å². The Hall–Kier alpha value is -3.60. The van der Waals surface area contributed by atoms with Crippen LogP contribution < -0.4 is 0 Å². The number of ether oxygens (including phenoxy) is 2. The number of hydrogen-bond acceptors (Lipinski definition) is 8. The van der Waals surface area contributed by atoms with Gasteiger partial charge in [0.25, 0.3) is 0 Å². The standard InChI is InChI=1S/C29H25N3O5S/c33-15-23-25(34)26(35)24-29(36-23)37-27(31-24)21-14-32(13-16-5-6-17-3-1-2-4-18(17)11-16)22-12-19(7-8-20(21)22)28-30-9-10-38-28/h1-12,14,23-26,29,33-35H,13,15H2/t23?,24-,25-,26?,29-/m1/s1. The molecule has 0 saturated carbocycles. The number of hydrogen-bond donors (Lipinski definition) is 3. The van der Waals surface area contributed by atoms with Gasteiger partial charge in [0.2, 0.25) is 12.2 Å². The second kappa shape index (κ2) is 9.30. The SMILES string of the molecule is OCC1O[C@@H]2OC(c3cn(Cc4ccc5ccccc5c4)c4cc(-c5nccs5)ccc34)=N[C@@H]2C(O)[C@@H]1O. The van der Waals surface area contributed by atoms with E-state index >= 15 is 0 Å². The summed E-state index contributed by atoms with van der Waals surface area (Å²) in [6.45, 7) is 0.206. The Balaban J connectivity index is 1.31. The molecule has 7 rings (SSSR count). The van der Waals surface area contributed by atoms with Crippen LogP contribution in [0.3, 0.4) is 0 Å². The first-order valence-electron chi connectivity index (χ1n) is 12.5. The number of aliphatic hydroxyl groups excluding tert-OH is 3. The molecule has 1 saturated heterocycles. The smallest absolute Gasteiger partial charge is 0.227 e. The molecule has 3 N–H and O–H groups in total. The summed E-state index contributed by atoms with van der Waals surface area (Å²) in [6.07, 6.45) is -0.459. The maximum atomic E-state index is 10.6. The molecule has 5 atom stereocenters. The summed E-state index contributed by atoms with van der Waals surface area (Å²) < 4.78 is 13.9. The highest BCUT2D eigenvalue weighted by atomic mass is 32.1. The van der Waals surface area contributed by atoms with Crippen molar-refractivity contribution in [3.63, 3.8) is 0 Å². The maximum absolute atomic E-state index is 10.6. The van der Waals surface area contributed by atoms with Crippen LogP contribution in [0, 0.1) is 0 Å². The largest absolute Gasteiger partial charge is 0.445 e. The molecule has 2 unspecified atom stereocenters. The van der Waals surface area contributed by atoms with Crippen molar-refractivity contribution in [1.82, 2.24) is 9.55 Å². The lowest BCUT2D eigenvalue weighted by Gasteiger charge is -2.36. The third kappa shape index (κ3) is 3.91. The van der Waals surface area contributed by atoms with Gasteiger partial charge in [0.05, 0.1) is 12.2 Å². The minimum absolute atomic E-state index is 0.342. The number of thiazole rings is 1. The van der Waals surface area contributed by atoms with Gasteiger partial charge in [-0.1, -0.05) is 48.5 Å². The van der Waals surface area contributed by atoms with E-state index < -0.39 is 37.3 Å². The zero-order valence-electron chi connectivity index (χ0n) is 20.2. The average molecular weight is 528 g/mol. The van der Waals surface area contributed by atoms with Gasteiger partial charge in [-0.2, -0.15) is 0 Å². The topological polar surface area (TPSA) is 109 Å². The van der Waals surface area contributed by atoms with Crippen LogP contribution in [-0.4, -0.2) is 68.0 Å². The molecule has 8 nitrogen and oxygen atoms in total. The number of fused-ring (bicyclic) bond motifs is 3. The third-order valence-corrected chi connectivity index (χ3v) is 8.12. The quantitative estimate of drug-likeness (QED) is 0.323. The Kier molecular flexibility index (Phi) is 5.75. The van der Waals surface area contributed by atoms with Gasteiger partial charge in [0.15, 0.2) is 0 Å². The normalized spacial score (nSPS) is 24.9. The molecule has 2 aliphatic heterocycles. The monoisotopic (exact) mass is 527 g/mol.